The molecule has 0 bridgehead atoms. The van der Waals surface area contributed by atoms with Gasteiger partial charge in [0.1, 0.15) is 0 Å². The average molecular weight is 315 g/mol. The molecule has 5 heteroatoms. The first-order valence-electron chi connectivity index (χ1n) is 8.06. The van der Waals surface area contributed by atoms with E-state index in [2.05, 4.69) is 10.3 Å². The lowest BCUT2D eigenvalue weighted by Crippen LogP contribution is -2.39. The summed E-state index contributed by atoms with van der Waals surface area (Å²) in [5.41, 5.74) is 1.53. The van der Waals surface area contributed by atoms with Gasteiger partial charge in [0.15, 0.2) is 0 Å². The summed E-state index contributed by atoms with van der Waals surface area (Å²) in [6, 6.07) is 7.57. The Morgan fingerprint density at radius 2 is 1.96 bits per heavy atom. The first-order valence-corrected chi connectivity index (χ1v) is 8.06. The average Bonchev–Trinajstić information content (AvgIpc) is 3.10. The Hall–Kier alpha value is -2.14. The molecule has 2 rings (SSSR count). The van der Waals surface area contributed by atoms with Gasteiger partial charge in [0, 0.05) is 36.5 Å². The van der Waals surface area contributed by atoms with Gasteiger partial charge >= 0.3 is 0 Å². The van der Waals surface area contributed by atoms with Crippen LogP contribution in [0.4, 0.5) is 0 Å². The number of nitrogens with zero attached hydrogens (tertiary/aromatic N) is 2. The molecule has 0 saturated carbocycles. The predicted molar refractivity (Wildman–Crippen MR) is 90.2 cm³/mol. The van der Waals surface area contributed by atoms with E-state index in [1.807, 2.05) is 48.9 Å². The van der Waals surface area contributed by atoms with Crippen molar-refractivity contribution in [1.29, 1.82) is 0 Å². The van der Waals surface area contributed by atoms with Crippen molar-refractivity contribution >= 4 is 5.91 Å². The van der Waals surface area contributed by atoms with Crippen LogP contribution in [-0.2, 0) is 6.54 Å². The molecular weight excluding hydrogens is 290 g/mol. The second kappa shape index (κ2) is 7.92. The SMILES string of the molecule is CCC(CC)(CO)CNC(=O)c1ccc(Cn2ccnc2)cc1. The summed E-state index contributed by atoms with van der Waals surface area (Å²) in [6.45, 7) is 5.39. The molecule has 124 valence electrons. The van der Waals surface area contributed by atoms with Crippen molar-refractivity contribution in [2.75, 3.05) is 13.2 Å². The molecule has 2 aromatic rings. The molecule has 0 aliphatic heterocycles. The van der Waals surface area contributed by atoms with E-state index >= 15 is 0 Å². The van der Waals surface area contributed by atoms with Crippen molar-refractivity contribution in [3.05, 3.63) is 54.1 Å². The molecule has 0 spiro atoms. The van der Waals surface area contributed by atoms with Gasteiger partial charge < -0.3 is 15.0 Å². The molecule has 0 saturated heterocycles. The van der Waals surface area contributed by atoms with Gasteiger partial charge in [-0.15, -0.1) is 0 Å². The number of aliphatic hydroxyl groups excluding tert-OH is 1. The Bertz CT molecular complexity index is 593. The van der Waals surface area contributed by atoms with Crippen LogP contribution in [0.1, 0.15) is 42.6 Å². The molecule has 2 N–H and O–H groups in total. The molecule has 0 atom stereocenters. The van der Waals surface area contributed by atoms with Gasteiger partial charge in [-0.05, 0) is 30.5 Å². The van der Waals surface area contributed by atoms with Gasteiger partial charge in [-0.2, -0.15) is 0 Å². The molecule has 1 heterocycles. The fraction of sp³-hybridized carbons (Fsp3) is 0.444. The van der Waals surface area contributed by atoms with Gasteiger partial charge in [-0.3, -0.25) is 4.79 Å². The molecule has 1 aromatic heterocycles. The molecule has 23 heavy (non-hydrogen) atoms. The number of amides is 1. The number of carbonyl (C=O) groups excluding carboxylic acids is 1. The third-order valence-electron chi connectivity index (χ3n) is 4.60. The summed E-state index contributed by atoms with van der Waals surface area (Å²) in [4.78, 5) is 16.3. The van der Waals surface area contributed by atoms with Crippen molar-refractivity contribution in [1.82, 2.24) is 14.9 Å². The van der Waals surface area contributed by atoms with Crippen LogP contribution < -0.4 is 5.32 Å². The standard InChI is InChI=1S/C18H25N3O2/c1-3-18(4-2,13-22)12-20-17(23)16-7-5-15(6-8-16)11-21-10-9-19-14-21/h5-10,14,22H,3-4,11-13H2,1-2H3,(H,20,23). The number of imidazole rings is 1. The molecule has 0 unspecified atom stereocenters. The number of hydrogen-bond donors (Lipinski definition) is 2. The number of hydrogen-bond acceptors (Lipinski definition) is 3. The fourth-order valence-corrected chi connectivity index (χ4v) is 2.50. The zero-order valence-corrected chi connectivity index (χ0v) is 13.8. The summed E-state index contributed by atoms with van der Waals surface area (Å²) in [5, 5.41) is 12.5. The van der Waals surface area contributed by atoms with Gasteiger partial charge in [0.25, 0.3) is 5.91 Å². The van der Waals surface area contributed by atoms with Gasteiger partial charge in [-0.1, -0.05) is 26.0 Å². The smallest absolute Gasteiger partial charge is 0.251 e. The maximum atomic E-state index is 12.3. The van der Waals surface area contributed by atoms with E-state index in [0.29, 0.717) is 12.1 Å². The van der Waals surface area contributed by atoms with Crippen LogP contribution in [0.3, 0.4) is 0 Å². The third-order valence-corrected chi connectivity index (χ3v) is 4.60. The lowest BCUT2D eigenvalue weighted by molar-refractivity contribution is 0.0851. The van der Waals surface area contributed by atoms with Gasteiger partial charge in [0.05, 0.1) is 12.9 Å². The second-order valence-corrected chi connectivity index (χ2v) is 5.98. The summed E-state index contributed by atoms with van der Waals surface area (Å²) in [5.74, 6) is -0.0982. The van der Waals surface area contributed by atoms with Crippen LogP contribution in [0.5, 0.6) is 0 Å². The van der Waals surface area contributed by atoms with Crippen molar-refractivity contribution in [2.24, 2.45) is 5.41 Å². The van der Waals surface area contributed by atoms with E-state index in [-0.39, 0.29) is 17.9 Å². The van der Waals surface area contributed by atoms with Gasteiger partial charge in [0.2, 0.25) is 0 Å². The molecule has 0 aliphatic rings. The van der Waals surface area contributed by atoms with E-state index < -0.39 is 0 Å². The molecule has 1 amide bonds. The fourth-order valence-electron chi connectivity index (χ4n) is 2.50. The lowest BCUT2D eigenvalue weighted by Gasteiger charge is -2.29. The predicted octanol–water partition coefficient (Wildman–Crippen LogP) is 2.46. The Balaban J connectivity index is 1.95. The zero-order chi connectivity index (χ0) is 16.7. The minimum Gasteiger partial charge on any atom is -0.396 e. The van der Waals surface area contributed by atoms with Crippen LogP contribution in [0.15, 0.2) is 43.0 Å². The highest BCUT2D eigenvalue weighted by atomic mass is 16.3. The Kier molecular flexibility index (Phi) is 5.93. The van der Waals surface area contributed by atoms with E-state index in [4.69, 9.17) is 0 Å². The largest absolute Gasteiger partial charge is 0.396 e. The Labute approximate surface area is 137 Å². The first-order chi connectivity index (χ1) is 11.1. The van der Waals surface area contributed by atoms with Crippen LogP contribution in [0, 0.1) is 5.41 Å². The molecule has 5 nitrogen and oxygen atoms in total. The third kappa shape index (κ3) is 4.42. The number of carbonyl (C=O) groups is 1. The molecule has 0 aliphatic carbocycles. The summed E-state index contributed by atoms with van der Waals surface area (Å²) >= 11 is 0. The zero-order valence-electron chi connectivity index (χ0n) is 13.8. The summed E-state index contributed by atoms with van der Waals surface area (Å²) < 4.78 is 1.98. The maximum Gasteiger partial charge on any atom is 0.251 e. The van der Waals surface area contributed by atoms with Crippen LogP contribution >= 0.6 is 0 Å². The summed E-state index contributed by atoms with van der Waals surface area (Å²) in [6.07, 6.45) is 7.10. The number of rotatable bonds is 8. The van der Waals surface area contributed by atoms with E-state index in [9.17, 15) is 9.90 Å². The topological polar surface area (TPSA) is 67.2 Å². The highest BCUT2D eigenvalue weighted by molar-refractivity contribution is 5.94. The quantitative estimate of drug-likeness (QED) is 0.786. The minimum atomic E-state index is -0.225. The number of aliphatic hydroxyl groups is 1. The monoisotopic (exact) mass is 315 g/mol. The highest BCUT2D eigenvalue weighted by Gasteiger charge is 2.25. The number of aromatic nitrogens is 2. The van der Waals surface area contributed by atoms with E-state index in [1.54, 1.807) is 12.5 Å². The lowest BCUT2D eigenvalue weighted by atomic mass is 9.83. The van der Waals surface area contributed by atoms with Crippen molar-refractivity contribution in [3.63, 3.8) is 0 Å². The first kappa shape index (κ1) is 17.2. The van der Waals surface area contributed by atoms with Crippen LogP contribution in [0.25, 0.3) is 0 Å². The van der Waals surface area contributed by atoms with E-state index in [0.717, 1.165) is 24.9 Å². The summed E-state index contributed by atoms with van der Waals surface area (Å²) in [7, 11) is 0. The highest BCUT2D eigenvalue weighted by Crippen LogP contribution is 2.24. The van der Waals surface area contributed by atoms with Crippen LogP contribution in [-0.4, -0.2) is 33.7 Å². The Morgan fingerprint density at radius 3 is 2.48 bits per heavy atom. The second-order valence-electron chi connectivity index (χ2n) is 5.98. The van der Waals surface area contributed by atoms with Crippen LogP contribution in [0.2, 0.25) is 0 Å². The van der Waals surface area contributed by atoms with E-state index in [1.165, 1.54) is 0 Å². The van der Waals surface area contributed by atoms with Crippen molar-refractivity contribution < 1.29 is 9.90 Å². The van der Waals surface area contributed by atoms with Crippen molar-refractivity contribution in [3.8, 4) is 0 Å². The van der Waals surface area contributed by atoms with Gasteiger partial charge in [-0.25, -0.2) is 4.98 Å². The Morgan fingerprint density at radius 1 is 1.26 bits per heavy atom. The number of benzene rings is 1. The number of nitrogens with one attached hydrogen (secondary N) is 1. The molecular formula is C18H25N3O2. The molecule has 1 aromatic carbocycles. The molecule has 0 fully saturated rings. The maximum absolute atomic E-state index is 12.3. The minimum absolute atomic E-state index is 0.0874. The van der Waals surface area contributed by atoms with Crippen molar-refractivity contribution in [2.45, 2.75) is 33.2 Å². The molecule has 0 radical (unpaired) electrons. The normalized spacial score (nSPS) is 11.4.